The van der Waals surface area contributed by atoms with Crippen LogP contribution in [0.3, 0.4) is 0 Å². The average molecular weight is 233 g/mol. The standard InChI is InChI=1S/C11H14Cl2O/c1-11(2,3)14-7-8-9(12)5-4-6-10(8)13/h4-6H,7H2,1-3H3. The van der Waals surface area contributed by atoms with Gasteiger partial charge in [-0.2, -0.15) is 0 Å². The van der Waals surface area contributed by atoms with Crippen LogP contribution in [0.1, 0.15) is 26.3 Å². The van der Waals surface area contributed by atoms with Crippen LogP contribution in [0.4, 0.5) is 0 Å². The van der Waals surface area contributed by atoms with E-state index in [0.29, 0.717) is 16.7 Å². The van der Waals surface area contributed by atoms with Crippen molar-refractivity contribution in [2.45, 2.75) is 33.0 Å². The van der Waals surface area contributed by atoms with Crippen LogP contribution in [-0.2, 0) is 11.3 Å². The topological polar surface area (TPSA) is 9.23 Å². The van der Waals surface area contributed by atoms with Crippen LogP contribution in [0.2, 0.25) is 10.0 Å². The number of rotatable bonds is 2. The fourth-order valence-corrected chi connectivity index (χ4v) is 1.47. The maximum atomic E-state index is 5.99. The van der Waals surface area contributed by atoms with E-state index in [1.165, 1.54) is 0 Å². The highest BCUT2D eigenvalue weighted by Gasteiger charge is 2.13. The van der Waals surface area contributed by atoms with Crippen LogP contribution in [0.25, 0.3) is 0 Å². The van der Waals surface area contributed by atoms with Crippen molar-refractivity contribution in [3.05, 3.63) is 33.8 Å². The molecule has 0 heterocycles. The molecule has 0 saturated heterocycles. The third-order valence-corrected chi connectivity index (χ3v) is 2.42. The molecule has 0 N–H and O–H groups in total. The first-order valence-electron chi connectivity index (χ1n) is 4.47. The van der Waals surface area contributed by atoms with Gasteiger partial charge in [-0.15, -0.1) is 0 Å². The summed E-state index contributed by atoms with van der Waals surface area (Å²) in [7, 11) is 0. The van der Waals surface area contributed by atoms with E-state index in [4.69, 9.17) is 27.9 Å². The van der Waals surface area contributed by atoms with Crippen LogP contribution in [0, 0.1) is 0 Å². The molecule has 0 fully saturated rings. The molecule has 1 nitrogen and oxygen atoms in total. The molecule has 0 aliphatic heterocycles. The molecular weight excluding hydrogens is 219 g/mol. The molecule has 1 rings (SSSR count). The molecule has 0 aromatic heterocycles. The number of ether oxygens (including phenoxy) is 1. The van der Waals surface area contributed by atoms with Crippen molar-refractivity contribution in [1.82, 2.24) is 0 Å². The van der Waals surface area contributed by atoms with Gasteiger partial charge in [-0.1, -0.05) is 29.3 Å². The Morgan fingerprint density at radius 2 is 1.64 bits per heavy atom. The third-order valence-electron chi connectivity index (χ3n) is 1.71. The molecule has 0 amide bonds. The van der Waals surface area contributed by atoms with Gasteiger partial charge in [0.2, 0.25) is 0 Å². The van der Waals surface area contributed by atoms with Crippen molar-refractivity contribution in [1.29, 1.82) is 0 Å². The minimum atomic E-state index is -0.178. The minimum Gasteiger partial charge on any atom is -0.371 e. The largest absolute Gasteiger partial charge is 0.371 e. The van der Waals surface area contributed by atoms with Crippen LogP contribution in [0.15, 0.2) is 18.2 Å². The molecule has 3 heteroatoms. The van der Waals surface area contributed by atoms with Gasteiger partial charge >= 0.3 is 0 Å². The van der Waals surface area contributed by atoms with Crippen LogP contribution in [0.5, 0.6) is 0 Å². The lowest BCUT2D eigenvalue weighted by Crippen LogP contribution is -2.18. The normalized spacial score (nSPS) is 11.8. The number of hydrogen-bond acceptors (Lipinski definition) is 1. The fourth-order valence-electron chi connectivity index (χ4n) is 0.959. The summed E-state index contributed by atoms with van der Waals surface area (Å²) in [6.45, 7) is 6.44. The molecule has 78 valence electrons. The van der Waals surface area contributed by atoms with Crippen molar-refractivity contribution in [3.63, 3.8) is 0 Å². The molecule has 0 aliphatic carbocycles. The summed E-state index contributed by atoms with van der Waals surface area (Å²) >= 11 is 12.0. The molecule has 0 spiro atoms. The Hall–Kier alpha value is -0.240. The lowest BCUT2D eigenvalue weighted by molar-refractivity contribution is -0.0148. The van der Waals surface area contributed by atoms with Gasteiger partial charge in [-0.05, 0) is 32.9 Å². The second kappa shape index (κ2) is 4.52. The summed E-state index contributed by atoms with van der Waals surface area (Å²) < 4.78 is 5.61. The number of hydrogen-bond donors (Lipinski definition) is 0. The SMILES string of the molecule is CC(C)(C)OCc1c(Cl)cccc1Cl. The zero-order valence-corrected chi connectivity index (χ0v) is 10.1. The predicted molar refractivity (Wildman–Crippen MR) is 61.0 cm³/mol. The zero-order valence-electron chi connectivity index (χ0n) is 8.60. The van der Waals surface area contributed by atoms with Crippen LogP contribution >= 0.6 is 23.2 Å². The summed E-state index contributed by atoms with van der Waals surface area (Å²) in [6.07, 6.45) is 0. The Labute approximate surface area is 95.0 Å². The first-order valence-corrected chi connectivity index (χ1v) is 5.22. The lowest BCUT2D eigenvalue weighted by atomic mass is 10.2. The summed E-state index contributed by atoms with van der Waals surface area (Å²) in [5.74, 6) is 0. The van der Waals surface area contributed by atoms with Gasteiger partial charge in [0, 0.05) is 15.6 Å². The van der Waals surface area contributed by atoms with Crippen molar-refractivity contribution in [2.75, 3.05) is 0 Å². The van der Waals surface area contributed by atoms with E-state index in [0.717, 1.165) is 5.56 Å². The second-order valence-electron chi connectivity index (χ2n) is 4.10. The minimum absolute atomic E-state index is 0.178. The lowest BCUT2D eigenvalue weighted by Gasteiger charge is -2.20. The molecule has 0 unspecified atom stereocenters. The van der Waals surface area contributed by atoms with Crippen molar-refractivity contribution >= 4 is 23.2 Å². The summed E-state index contributed by atoms with van der Waals surface area (Å²) in [5, 5.41) is 1.31. The summed E-state index contributed by atoms with van der Waals surface area (Å²) in [5.41, 5.74) is 0.674. The number of halogens is 2. The molecule has 0 aliphatic rings. The smallest absolute Gasteiger partial charge is 0.0753 e. The van der Waals surface area contributed by atoms with Gasteiger partial charge in [-0.25, -0.2) is 0 Å². The Morgan fingerprint density at radius 3 is 2.07 bits per heavy atom. The first-order chi connectivity index (χ1) is 6.40. The Bertz CT molecular complexity index is 295. The van der Waals surface area contributed by atoms with Gasteiger partial charge in [0.25, 0.3) is 0 Å². The van der Waals surface area contributed by atoms with E-state index in [-0.39, 0.29) is 5.60 Å². The quantitative estimate of drug-likeness (QED) is 0.739. The average Bonchev–Trinajstić information content (AvgIpc) is 2.01. The molecule has 1 aromatic carbocycles. The van der Waals surface area contributed by atoms with Crippen LogP contribution < -0.4 is 0 Å². The van der Waals surface area contributed by atoms with Gasteiger partial charge in [-0.3, -0.25) is 0 Å². The fraction of sp³-hybridized carbons (Fsp3) is 0.455. The molecular formula is C11H14Cl2O. The molecule has 0 radical (unpaired) electrons. The van der Waals surface area contributed by atoms with Gasteiger partial charge in [0.1, 0.15) is 0 Å². The first kappa shape index (κ1) is 11.8. The predicted octanol–water partition coefficient (Wildman–Crippen LogP) is 4.31. The third kappa shape index (κ3) is 3.49. The second-order valence-corrected chi connectivity index (χ2v) is 4.92. The molecule has 0 saturated carbocycles. The van der Waals surface area contributed by atoms with Gasteiger partial charge in [0.15, 0.2) is 0 Å². The van der Waals surface area contributed by atoms with Crippen molar-refractivity contribution in [3.8, 4) is 0 Å². The zero-order chi connectivity index (χ0) is 10.8. The summed E-state index contributed by atoms with van der Waals surface area (Å²) in [4.78, 5) is 0. The Kier molecular flexibility index (Phi) is 3.82. The van der Waals surface area contributed by atoms with Gasteiger partial charge < -0.3 is 4.74 Å². The maximum absolute atomic E-state index is 5.99. The van der Waals surface area contributed by atoms with E-state index in [2.05, 4.69) is 0 Å². The highest BCUT2D eigenvalue weighted by atomic mass is 35.5. The monoisotopic (exact) mass is 232 g/mol. The molecule has 1 aromatic rings. The van der Waals surface area contributed by atoms with E-state index >= 15 is 0 Å². The molecule has 14 heavy (non-hydrogen) atoms. The van der Waals surface area contributed by atoms with E-state index in [1.807, 2.05) is 39.0 Å². The van der Waals surface area contributed by atoms with Crippen molar-refractivity contribution < 1.29 is 4.74 Å². The Balaban J connectivity index is 2.77. The summed E-state index contributed by atoms with van der Waals surface area (Å²) in [6, 6.07) is 5.45. The number of benzene rings is 1. The van der Waals surface area contributed by atoms with Crippen molar-refractivity contribution in [2.24, 2.45) is 0 Å². The van der Waals surface area contributed by atoms with E-state index < -0.39 is 0 Å². The highest BCUT2D eigenvalue weighted by Crippen LogP contribution is 2.26. The van der Waals surface area contributed by atoms with Gasteiger partial charge in [0.05, 0.1) is 12.2 Å². The van der Waals surface area contributed by atoms with Crippen LogP contribution in [-0.4, -0.2) is 5.60 Å². The molecule has 0 atom stereocenters. The Morgan fingerprint density at radius 1 is 1.14 bits per heavy atom. The van der Waals surface area contributed by atoms with E-state index in [1.54, 1.807) is 0 Å². The van der Waals surface area contributed by atoms with E-state index in [9.17, 15) is 0 Å². The molecule has 0 bridgehead atoms. The maximum Gasteiger partial charge on any atom is 0.0753 e. The highest BCUT2D eigenvalue weighted by molar-refractivity contribution is 6.35.